The molecular formula is C26H26N6O4. The van der Waals surface area contributed by atoms with Crippen molar-refractivity contribution in [2.45, 2.75) is 13.5 Å². The third-order valence-electron chi connectivity index (χ3n) is 6.46. The summed E-state index contributed by atoms with van der Waals surface area (Å²) in [7, 11) is 1.45. The van der Waals surface area contributed by atoms with E-state index in [0.29, 0.717) is 24.6 Å². The van der Waals surface area contributed by atoms with E-state index < -0.39 is 5.91 Å². The number of ether oxygens (including phenoxy) is 2. The molecule has 0 saturated carbocycles. The van der Waals surface area contributed by atoms with Crippen molar-refractivity contribution in [2.75, 3.05) is 44.9 Å². The van der Waals surface area contributed by atoms with Crippen molar-refractivity contribution in [2.24, 2.45) is 0 Å². The summed E-state index contributed by atoms with van der Waals surface area (Å²) in [5.74, 6) is 1.46. The number of rotatable bonds is 5. The third kappa shape index (κ3) is 4.36. The molecule has 1 saturated heterocycles. The number of hydrogen-bond acceptors (Lipinski definition) is 8. The Hall–Kier alpha value is -4.36. The zero-order valence-electron chi connectivity index (χ0n) is 20.2. The van der Waals surface area contributed by atoms with Crippen molar-refractivity contribution < 1.29 is 14.3 Å². The number of hydrogen-bond donors (Lipinski definition) is 1. The molecule has 184 valence electrons. The highest BCUT2D eigenvalue weighted by Gasteiger charge is 2.24. The molecule has 4 heterocycles. The van der Waals surface area contributed by atoms with Crippen LogP contribution in [-0.4, -0.2) is 60.2 Å². The van der Waals surface area contributed by atoms with Crippen LogP contribution in [0, 0.1) is 18.3 Å². The Morgan fingerprint density at radius 3 is 2.72 bits per heavy atom. The van der Waals surface area contributed by atoms with E-state index in [0.717, 1.165) is 42.3 Å². The number of pyridine rings is 1. The Bertz CT molecular complexity index is 1460. The first kappa shape index (κ1) is 23.4. The molecular weight excluding hydrogens is 460 g/mol. The molecule has 36 heavy (non-hydrogen) atoms. The number of benzene rings is 1. The van der Waals surface area contributed by atoms with Crippen LogP contribution in [0.5, 0.6) is 11.5 Å². The monoisotopic (exact) mass is 486 g/mol. The molecule has 1 fully saturated rings. The van der Waals surface area contributed by atoms with E-state index >= 15 is 0 Å². The van der Waals surface area contributed by atoms with Crippen molar-refractivity contribution in [1.82, 2.24) is 19.6 Å². The maximum atomic E-state index is 13.5. The predicted molar refractivity (Wildman–Crippen MR) is 134 cm³/mol. The number of carbonyl (C=O) groups is 1. The Labute approximate surface area is 208 Å². The molecule has 2 aliphatic heterocycles. The van der Waals surface area contributed by atoms with E-state index in [-0.39, 0.29) is 23.5 Å². The summed E-state index contributed by atoms with van der Waals surface area (Å²) in [5.41, 5.74) is 2.31. The number of piperazine rings is 1. The summed E-state index contributed by atoms with van der Waals surface area (Å²) in [4.78, 5) is 34.9. The molecule has 2 aromatic heterocycles. The minimum atomic E-state index is -0.550. The second-order valence-corrected chi connectivity index (χ2v) is 8.74. The maximum absolute atomic E-state index is 13.5. The number of nitriles is 1. The quantitative estimate of drug-likeness (QED) is 0.429. The zero-order chi connectivity index (χ0) is 25.2. The number of fused-ring (bicyclic) bond motifs is 2. The number of likely N-dealkylation sites (N-methyl/N-ethyl adjacent to an activating group) is 1. The van der Waals surface area contributed by atoms with E-state index in [4.69, 9.17) is 14.5 Å². The normalized spacial score (nSPS) is 15.7. The Kier molecular flexibility index (Phi) is 6.31. The number of amides is 1. The van der Waals surface area contributed by atoms with Gasteiger partial charge >= 0.3 is 0 Å². The Morgan fingerprint density at radius 1 is 1.19 bits per heavy atom. The molecule has 10 nitrogen and oxygen atoms in total. The van der Waals surface area contributed by atoms with Crippen LogP contribution in [0.25, 0.3) is 11.7 Å². The lowest BCUT2D eigenvalue weighted by molar-refractivity contribution is -0.116. The van der Waals surface area contributed by atoms with E-state index in [1.165, 1.54) is 17.5 Å². The van der Waals surface area contributed by atoms with Crippen LogP contribution in [0.2, 0.25) is 0 Å². The summed E-state index contributed by atoms with van der Waals surface area (Å²) in [6.07, 6.45) is 2.99. The summed E-state index contributed by atoms with van der Waals surface area (Å²) >= 11 is 0. The van der Waals surface area contributed by atoms with Crippen molar-refractivity contribution in [3.8, 4) is 17.6 Å². The van der Waals surface area contributed by atoms with E-state index in [1.54, 1.807) is 12.3 Å². The second kappa shape index (κ2) is 9.71. The van der Waals surface area contributed by atoms with Gasteiger partial charge in [0.25, 0.3) is 11.5 Å². The molecule has 1 aromatic carbocycles. The van der Waals surface area contributed by atoms with E-state index in [2.05, 4.69) is 15.1 Å². The Balaban J connectivity index is 1.44. The molecule has 3 aromatic rings. The van der Waals surface area contributed by atoms with Crippen molar-refractivity contribution in [3.05, 3.63) is 69.1 Å². The van der Waals surface area contributed by atoms with Crippen LogP contribution < -0.4 is 25.2 Å². The lowest BCUT2D eigenvalue weighted by atomic mass is 10.1. The molecule has 0 atom stereocenters. The first-order valence-electron chi connectivity index (χ1n) is 11.7. The summed E-state index contributed by atoms with van der Waals surface area (Å²) < 4.78 is 12.3. The SMILES string of the molecule is CNC(=O)/C(C#N)=C/c1c(N2CCN(Cc3ccc4c(c3)OCO4)CC2)nc2c(C)cccn2c1=O. The van der Waals surface area contributed by atoms with Gasteiger partial charge in [-0.1, -0.05) is 12.1 Å². The summed E-state index contributed by atoms with van der Waals surface area (Å²) in [6, 6.07) is 11.6. The average Bonchev–Trinajstić information content (AvgIpc) is 3.37. The van der Waals surface area contributed by atoms with E-state index in [9.17, 15) is 14.9 Å². The van der Waals surface area contributed by atoms with Gasteiger partial charge in [0.1, 0.15) is 23.1 Å². The number of aryl methyl sites for hydroxylation is 1. The minimum Gasteiger partial charge on any atom is -0.454 e. The average molecular weight is 487 g/mol. The van der Waals surface area contributed by atoms with Gasteiger partial charge in [-0.25, -0.2) is 4.98 Å². The molecule has 10 heteroatoms. The molecule has 0 spiro atoms. The van der Waals surface area contributed by atoms with Gasteiger partial charge in [0.05, 0.1) is 5.56 Å². The number of anilines is 1. The van der Waals surface area contributed by atoms with Gasteiger partial charge in [-0.3, -0.25) is 18.9 Å². The van der Waals surface area contributed by atoms with Gasteiger partial charge < -0.3 is 19.7 Å². The first-order chi connectivity index (χ1) is 17.5. The predicted octanol–water partition coefficient (Wildman–Crippen LogP) is 1.71. The molecule has 1 amide bonds. The van der Waals surface area contributed by atoms with Gasteiger partial charge in [-0.05, 0) is 42.3 Å². The maximum Gasteiger partial charge on any atom is 0.267 e. The molecule has 0 bridgehead atoms. The molecule has 0 unspecified atom stereocenters. The number of nitrogens with zero attached hydrogens (tertiary/aromatic N) is 5. The number of nitrogens with one attached hydrogen (secondary N) is 1. The Morgan fingerprint density at radius 2 is 1.97 bits per heavy atom. The van der Waals surface area contributed by atoms with E-state index in [1.807, 2.05) is 37.3 Å². The van der Waals surface area contributed by atoms with Crippen LogP contribution in [0.3, 0.4) is 0 Å². The summed E-state index contributed by atoms with van der Waals surface area (Å²) in [6.45, 7) is 5.71. The van der Waals surface area contributed by atoms with Crippen molar-refractivity contribution >= 4 is 23.4 Å². The first-order valence-corrected chi connectivity index (χ1v) is 11.7. The lowest BCUT2D eigenvalue weighted by Crippen LogP contribution is -2.47. The highest BCUT2D eigenvalue weighted by Crippen LogP contribution is 2.33. The molecule has 1 N–H and O–H groups in total. The van der Waals surface area contributed by atoms with Crippen molar-refractivity contribution in [3.63, 3.8) is 0 Å². The molecule has 0 radical (unpaired) electrons. The fraction of sp³-hybridized carbons (Fsp3) is 0.308. The van der Waals surface area contributed by atoms with Crippen LogP contribution in [0.4, 0.5) is 5.82 Å². The van der Waals surface area contributed by atoms with Crippen LogP contribution in [-0.2, 0) is 11.3 Å². The van der Waals surface area contributed by atoms with Crippen molar-refractivity contribution in [1.29, 1.82) is 5.26 Å². The second-order valence-electron chi connectivity index (χ2n) is 8.74. The molecule has 0 aliphatic carbocycles. The molecule has 2 aliphatic rings. The zero-order valence-corrected chi connectivity index (χ0v) is 20.2. The third-order valence-corrected chi connectivity index (χ3v) is 6.46. The standard InChI is InChI=1S/C26H26N6O4/c1-17-4-3-7-32-23(17)29-24(20(26(32)34)13-19(14-27)25(33)28-2)31-10-8-30(9-11-31)15-18-5-6-21-22(12-18)36-16-35-21/h3-7,12-13H,8-11,15-16H2,1-2H3,(H,28,33)/b19-13+. The lowest BCUT2D eigenvalue weighted by Gasteiger charge is -2.36. The highest BCUT2D eigenvalue weighted by molar-refractivity contribution is 6.02. The van der Waals surface area contributed by atoms with Gasteiger partial charge in [0.2, 0.25) is 6.79 Å². The minimum absolute atomic E-state index is 0.147. The van der Waals surface area contributed by atoms with Gasteiger partial charge in [0.15, 0.2) is 11.5 Å². The topological polar surface area (TPSA) is 112 Å². The van der Waals surface area contributed by atoms with Crippen LogP contribution in [0.1, 0.15) is 16.7 Å². The van der Waals surface area contributed by atoms with Crippen LogP contribution in [0.15, 0.2) is 46.9 Å². The van der Waals surface area contributed by atoms with Gasteiger partial charge in [-0.15, -0.1) is 0 Å². The van der Waals surface area contributed by atoms with Gasteiger partial charge in [0, 0.05) is 46.0 Å². The van der Waals surface area contributed by atoms with Gasteiger partial charge in [-0.2, -0.15) is 5.26 Å². The fourth-order valence-corrected chi connectivity index (χ4v) is 4.51. The number of aromatic nitrogens is 2. The fourth-order valence-electron chi connectivity index (χ4n) is 4.51. The largest absolute Gasteiger partial charge is 0.454 e. The summed E-state index contributed by atoms with van der Waals surface area (Å²) in [5, 5.41) is 12.0. The molecule has 5 rings (SSSR count). The smallest absolute Gasteiger partial charge is 0.267 e. The van der Waals surface area contributed by atoms with Crippen LogP contribution >= 0.6 is 0 Å². The highest BCUT2D eigenvalue weighted by atomic mass is 16.7. The number of carbonyl (C=O) groups excluding carboxylic acids is 1.